The minimum Gasteiger partial charge on any atom is -0.481 e. The number of para-hydroxylation sites is 1. The Bertz CT molecular complexity index is 460. The monoisotopic (exact) mass is 278 g/mol. The molecule has 0 fully saturated rings. The van der Waals surface area contributed by atoms with Crippen molar-refractivity contribution in [3.8, 4) is 0 Å². The average Bonchev–Trinajstić information content (AvgIpc) is 2.39. The summed E-state index contributed by atoms with van der Waals surface area (Å²) in [5, 5.41) is 14.2. The van der Waals surface area contributed by atoms with Crippen LogP contribution in [0.25, 0.3) is 0 Å². The van der Waals surface area contributed by atoms with Gasteiger partial charge in [0.05, 0.1) is 0 Å². The molecule has 0 aromatic heterocycles. The minimum absolute atomic E-state index is 0.0495. The number of urea groups is 1. The fraction of sp³-hybridized carbons (Fsp3) is 0.467. The smallest absolute Gasteiger partial charge is 0.319 e. The zero-order valence-electron chi connectivity index (χ0n) is 12.0. The molecule has 1 aromatic carbocycles. The van der Waals surface area contributed by atoms with Crippen molar-refractivity contribution in [3.05, 3.63) is 29.8 Å². The van der Waals surface area contributed by atoms with Gasteiger partial charge >= 0.3 is 12.0 Å². The Morgan fingerprint density at radius 1 is 1.30 bits per heavy atom. The van der Waals surface area contributed by atoms with Gasteiger partial charge in [0.1, 0.15) is 0 Å². The third-order valence-corrected chi connectivity index (χ3v) is 2.95. The standard InChI is InChI=1S/C15H22N2O3/c1-3-6-12-7-4-5-8-13(12)17-15(20)16-11(2)9-10-14(18)19/h4-5,7-8,11H,3,6,9-10H2,1-2H3,(H,18,19)(H2,16,17,20). The molecule has 0 aliphatic rings. The van der Waals surface area contributed by atoms with E-state index in [4.69, 9.17) is 5.11 Å². The lowest BCUT2D eigenvalue weighted by Crippen LogP contribution is -2.36. The van der Waals surface area contributed by atoms with Crippen LogP contribution in [-0.4, -0.2) is 23.1 Å². The van der Waals surface area contributed by atoms with Crippen LogP contribution in [0.2, 0.25) is 0 Å². The Kier molecular flexibility index (Phi) is 6.56. The van der Waals surface area contributed by atoms with Gasteiger partial charge in [-0.05, 0) is 31.4 Å². The lowest BCUT2D eigenvalue weighted by Gasteiger charge is -2.15. The molecule has 1 rings (SSSR count). The van der Waals surface area contributed by atoms with Crippen LogP contribution in [0.5, 0.6) is 0 Å². The summed E-state index contributed by atoms with van der Waals surface area (Å²) < 4.78 is 0. The highest BCUT2D eigenvalue weighted by molar-refractivity contribution is 5.90. The van der Waals surface area contributed by atoms with Gasteiger partial charge in [0, 0.05) is 18.2 Å². The number of aryl methyl sites for hydroxylation is 1. The molecule has 2 amide bonds. The number of aliphatic carboxylic acids is 1. The maximum absolute atomic E-state index is 11.9. The van der Waals surface area contributed by atoms with Gasteiger partial charge in [-0.25, -0.2) is 4.79 Å². The Balaban J connectivity index is 2.51. The summed E-state index contributed by atoms with van der Waals surface area (Å²) in [6.45, 7) is 3.88. The van der Waals surface area contributed by atoms with Gasteiger partial charge < -0.3 is 15.7 Å². The molecule has 1 unspecified atom stereocenters. The first-order valence-electron chi connectivity index (χ1n) is 6.90. The molecule has 5 nitrogen and oxygen atoms in total. The van der Waals surface area contributed by atoms with Crippen LogP contribution in [0.1, 0.15) is 38.7 Å². The largest absolute Gasteiger partial charge is 0.481 e. The molecule has 3 N–H and O–H groups in total. The first kappa shape index (κ1) is 16.0. The number of carbonyl (C=O) groups excluding carboxylic acids is 1. The number of hydrogen-bond donors (Lipinski definition) is 3. The van der Waals surface area contributed by atoms with Gasteiger partial charge in [-0.3, -0.25) is 4.79 Å². The molecular weight excluding hydrogens is 256 g/mol. The van der Waals surface area contributed by atoms with Crippen LogP contribution in [0.15, 0.2) is 24.3 Å². The first-order chi connectivity index (χ1) is 9.52. The number of nitrogens with one attached hydrogen (secondary N) is 2. The van der Waals surface area contributed by atoms with E-state index in [2.05, 4.69) is 17.6 Å². The maximum Gasteiger partial charge on any atom is 0.319 e. The molecular formula is C15H22N2O3. The molecule has 0 aliphatic carbocycles. The van der Waals surface area contributed by atoms with Crippen molar-refractivity contribution in [2.45, 2.75) is 45.6 Å². The SMILES string of the molecule is CCCc1ccccc1NC(=O)NC(C)CCC(=O)O. The van der Waals surface area contributed by atoms with Crippen molar-refractivity contribution in [2.24, 2.45) is 0 Å². The lowest BCUT2D eigenvalue weighted by molar-refractivity contribution is -0.137. The number of carboxylic acid groups (broad SMARTS) is 1. The van der Waals surface area contributed by atoms with E-state index in [0.29, 0.717) is 6.42 Å². The van der Waals surface area contributed by atoms with Gasteiger partial charge in [-0.15, -0.1) is 0 Å². The number of amides is 2. The number of carboxylic acids is 1. The third-order valence-electron chi connectivity index (χ3n) is 2.95. The molecule has 0 radical (unpaired) electrons. The summed E-state index contributed by atoms with van der Waals surface area (Å²) in [5.74, 6) is -0.854. The van der Waals surface area contributed by atoms with Gasteiger partial charge in [0.15, 0.2) is 0 Å². The van der Waals surface area contributed by atoms with E-state index in [0.717, 1.165) is 24.1 Å². The summed E-state index contributed by atoms with van der Waals surface area (Å²) in [6.07, 6.45) is 2.38. The number of benzene rings is 1. The zero-order chi connectivity index (χ0) is 15.0. The molecule has 0 spiro atoms. The van der Waals surface area contributed by atoms with Gasteiger partial charge in [0.2, 0.25) is 0 Å². The van der Waals surface area contributed by atoms with Crippen molar-refractivity contribution >= 4 is 17.7 Å². The Labute approximate surface area is 119 Å². The van der Waals surface area contributed by atoms with Crippen LogP contribution in [0.3, 0.4) is 0 Å². The molecule has 0 saturated heterocycles. The summed E-state index contributed by atoms with van der Waals surface area (Å²) in [4.78, 5) is 22.3. The van der Waals surface area contributed by atoms with Crippen LogP contribution >= 0.6 is 0 Å². The molecule has 0 saturated carbocycles. The molecule has 5 heteroatoms. The number of anilines is 1. The highest BCUT2D eigenvalue weighted by Crippen LogP contribution is 2.16. The average molecular weight is 278 g/mol. The zero-order valence-corrected chi connectivity index (χ0v) is 12.0. The fourth-order valence-electron chi connectivity index (χ4n) is 1.92. The normalized spacial score (nSPS) is 11.7. The van der Waals surface area contributed by atoms with E-state index in [1.165, 1.54) is 0 Å². The number of hydrogen-bond acceptors (Lipinski definition) is 2. The van der Waals surface area contributed by atoms with E-state index in [-0.39, 0.29) is 18.5 Å². The van der Waals surface area contributed by atoms with E-state index in [9.17, 15) is 9.59 Å². The number of carbonyl (C=O) groups is 2. The van der Waals surface area contributed by atoms with Gasteiger partial charge in [0.25, 0.3) is 0 Å². The van der Waals surface area contributed by atoms with Crippen molar-refractivity contribution in [1.82, 2.24) is 5.32 Å². The topological polar surface area (TPSA) is 78.4 Å². The van der Waals surface area contributed by atoms with Crippen molar-refractivity contribution < 1.29 is 14.7 Å². The second-order valence-corrected chi connectivity index (χ2v) is 4.84. The maximum atomic E-state index is 11.9. The predicted octanol–water partition coefficient (Wildman–Crippen LogP) is 3.01. The Morgan fingerprint density at radius 2 is 2.00 bits per heavy atom. The molecule has 0 bridgehead atoms. The molecule has 110 valence electrons. The first-order valence-corrected chi connectivity index (χ1v) is 6.90. The Hall–Kier alpha value is -2.04. The highest BCUT2D eigenvalue weighted by Gasteiger charge is 2.10. The quantitative estimate of drug-likeness (QED) is 0.717. The van der Waals surface area contributed by atoms with E-state index in [1.807, 2.05) is 24.3 Å². The van der Waals surface area contributed by atoms with E-state index < -0.39 is 5.97 Å². The van der Waals surface area contributed by atoms with Gasteiger partial charge in [-0.2, -0.15) is 0 Å². The molecule has 0 heterocycles. The van der Waals surface area contributed by atoms with Crippen LogP contribution < -0.4 is 10.6 Å². The van der Waals surface area contributed by atoms with Crippen molar-refractivity contribution in [3.63, 3.8) is 0 Å². The predicted molar refractivity (Wildman–Crippen MR) is 78.9 cm³/mol. The molecule has 1 aromatic rings. The second-order valence-electron chi connectivity index (χ2n) is 4.84. The van der Waals surface area contributed by atoms with E-state index in [1.54, 1.807) is 6.92 Å². The van der Waals surface area contributed by atoms with Crippen molar-refractivity contribution in [2.75, 3.05) is 5.32 Å². The van der Waals surface area contributed by atoms with Crippen LogP contribution in [0.4, 0.5) is 10.5 Å². The fourth-order valence-corrected chi connectivity index (χ4v) is 1.92. The second kappa shape index (κ2) is 8.19. The van der Waals surface area contributed by atoms with E-state index >= 15 is 0 Å². The van der Waals surface area contributed by atoms with Crippen LogP contribution in [0, 0.1) is 0 Å². The van der Waals surface area contributed by atoms with Gasteiger partial charge in [-0.1, -0.05) is 31.5 Å². The molecule has 0 aliphatic heterocycles. The van der Waals surface area contributed by atoms with Crippen molar-refractivity contribution in [1.29, 1.82) is 0 Å². The summed E-state index contributed by atoms with van der Waals surface area (Å²) in [5.41, 5.74) is 1.90. The number of rotatable bonds is 7. The summed E-state index contributed by atoms with van der Waals surface area (Å²) >= 11 is 0. The molecule has 20 heavy (non-hydrogen) atoms. The lowest BCUT2D eigenvalue weighted by atomic mass is 10.1. The summed E-state index contributed by atoms with van der Waals surface area (Å²) in [6, 6.07) is 7.21. The minimum atomic E-state index is -0.854. The summed E-state index contributed by atoms with van der Waals surface area (Å²) in [7, 11) is 0. The molecule has 1 atom stereocenters. The Morgan fingerprint density at radius 3 is 2.65 bits per heavy atom. The third kappa shape index (κ3) is 5.73. The van der Waals surface area contributed by atoms with Crippen LogP contribution in [-0.2, 0) is 11.2 Å². The highest BCUT2D eigenvalue weighted by atomic mass is 16.4.